The van der Waals surface area contributed by atoms with Gasteiger partial charge in [0.15, 0.2) is 0 Å². The fourth-order valence-corrected chi connectivity index (χ4v) is 2.66. The smallest absolute Gasteiger partial charge is 0.327 e. The molecule has 0 unspecified atom stereocenters. The van der Waals surface area contributed by atoms with Gasteiger partial charge in [-0.1, -0.05) is 60.6 Å². The van der Waals surface area contributed by atoms with Crippen LogP contribution in [0.15, 0.2) is 52.9 Å². The summed E-state index contributed by atoms with van der Waals surface area (Å²) in [5.74, 6) is 0.641. The summed E-state index contributed by atoms with van der Waals surface area (Å²) in [6.07, 6.45) is 4.96. The minimum absolute atomic E-state index is 0.500. The van der Waals surface area contributed by atoms with Crippen molar-refractivity contribution in [3.8, 4) is 0 Å². The largest absolute Gasteiger partial charge is 0.408 e. The summed E-state index contributed by atoms with van der Waals surface area (Å²) in [5, 5.41) is 8.34. The summed E-state index contributed by atoms with van der Waals surface area (Å²) in [6, 6.07) is 16.9. The van der Waals surface area contributed by atoms with E-state index in [1.807, 2.05) is 36.1 Å². The predicted molar refractivity (Wildman–Crippen MR) is 87.3 cm³/mol. The molecule has 0 fully saturated rings. The third-order valence-corrected chi connectivity index (χ3v) is 3.75. The first-order valence-corrected chi connectivity index (χ1v) is 7.35. The van der Waals surface area contributed by atoms with Gasteiger partial charge >= 0.3 is 6.01 Å². The Morgan fingerprint density at radius 1 is 0.864 bits per heavy atom. The molecule has 2 aromatic carbocycles. The number of anilines is 3. The Morgan fingerprint density at radius 3 is 2.00 bits per heavy atom. The standard InChI is InChI=1S/C18H15N3O/c1-2-17-19-20-18(22-17)21-15-9-5-3-7-13(15)11-12-14-8-4-6-10-16(14)21/h3-12H,2H2,1H3. The van der Waals surface area contributed by atoms with Gasteiger partial charge in [-0.15, -0.1) is 5.10 Å². The first-order valence-electron chi connectivity index (χ1n) is 7.35. The molecule has 0 saturated carbocycles. The van der Waals surface area contributed by atoms with Crippen molar-refractivity contribution in [2.24, 2.45) is 0 Å². The van der Waals surface area contributed by atoms with E-state index in [-0.39, 0.29) is 0 Å². The SMILES string of the molecule is CCc1nnc(N2c3ccccc3C=Cc3ccccc32)o1. The van der Waals surface area contributed by atoms with Gasteiger partial charge in [-0.2, -0.15) is 0 Å². The summed E-state index contributed by atoms with van der Waals surface area (Å²) >= 11 is 0. The molecule has 0 bridgehead atoms. The summed E-state index contributed by atoms with van der Waals surface area (Å²) in [6.45, 7) is 2.00. The van der Waals surface area contributed by atoms with Crippen molar-refractivity contribution >= 4 is 29.5 Å². The van der Waals surface area contributed by atoms with Crippen molar-refractivity contribution in [1.29, 1.82) is 0 Å². The van der Waals surface area contributed by atoms with Crippen LogP contribution in [-0.4, -0.2) is 10.2 Å². The second-order valence-corrected chi connectivity index (χ2v) is 5.12. The molecular weight excluding hydrogens is 274 g/mol. The molecule has 0 saturated heterocycles. The lowest BCUT2D eigenvalue weighted by Crippen LogP contribution is -2.12. The van der Waals surface area contributed by atoms with E-state index in [0.717, 1.165) is 28.9 Å². The number of fused-ring (bicyclic) bond motifs is 2. The molecule has 22 heavy (non-hydrogen) atoms. The zero-order valence-corrected chi connectivity index (χ0v) is 12.2. The van der Waals surface area contributed by atoms with Crippen molar-refractivity contribution in [3.63, 3.8) is 0 Å². The number of rotatable bonds is 2. The molecule has 4 heteroatoms. The van der Waals surface area contributed by atoms with E-state index in [1.165, 1.54) is 0 Å². The van der Waals surface area contributed by atoms with Gasteiger partial charge in [0.25, 0.3) is 0 Å². The van der Waals surface area contributed by atoms with Gasteiger partial charge in [-0.05, 0) is 23.3 Å². The summed E-state index contributed by atoms with van der Waals surface area (Å²) in [5.41, 5.74) is 4.31. The van der Waals surface area contributed by atoms with Crippen LogP contribution >= 0.6 is 0 Å². The third-order valence-electron chi connectivity index (χ3n) is 3.75. The van der Waals surface area contributed by atoms with E-state index in [4.69, 9.17) is 4.42 Å². The molecule has 3 aromatic rings. The number of benzene rings is 2. The Hall–Kier alpha value is -2.88. The van der Waals surface area contributed by atoms with Crippen molar-refractivity contribution in [1.82, 2.24) is 10.2 Å². The van der Waals surface area contributed by atoms with Gasteiger partial charge in [0.2, 0.25) is 5.89 Å². The molecule has 0 radical (unpaired) electrons. The fourth-order valence-electron chi connectivity index (χ4n) is 2.66. The molecular formula is C18H15N3O. The van der Waals surface area contributed by atoms with Crippen LogP contribution in [-0.2, 0) is 6.42 Å². The zero-order valence-electron chi connectivity index (χ0n) is 12.2. The van der Waals surface area contributed by atoms with Crippen molar-refractivity contribution < 1.29 is 4.42 Å². The monoisotopic (exact) mass is 289 g/mol. The van der Waals surface area contributed by atoms with E-state index in [2.05, 4.69) is 46.6 Å². The molecule has 108 valence electrons. The van der Waals surface area contributed by atoms with E-state index in [1.54, 1.807) is 0 Å². The van der Waals surface area contributed by atoms with Crippen LogP contribution in [0.1, 0.15) is 23.9 Å². The van der Waals surface area contributed by atoms with Crippen molar-refractivity contribution in [2.75, 3.05) is 4.90 Å². The number of nitrogens with zero attached hydrogens (tertiary/aromatic N) is 3. The summed E-state index contributed by atoms with van der Waals surface area (Å²) in [4.78, 5) is 2.02. The first kappa shape index (κ1) is 12.8. The van der Waals surface area contributed by atoms with Gasteiger partial charge in [-0.3, -0.25) is 4.90 Å². The Kier molecular flexibility index (Phi) is 3.00. The lowest BCUT2D eigenvalue weighted by Gasteiger charge is -2.22. The van der Waals surface area contributed by atoms with Crippen LogP contribution in [0.2, 0.25) is 0 Å². The Bertz CT molecular complexity index is 801. The van der Waals surface area contributed by atoms with E-state index < -0.39 is 0 Å². The van der Waals surface area contributed by atoms with Crippen LogP contribution < -0.4 is 4.90 Å². The molecule has 4 rings (SSSR count). The first-order chi connectivity index (χ1) is 10.9. The predicted octanol–water partition coefficient (Wildman–Crippen LogP) is 4.59. The quantitative estimate of drug-likeness (QED) is 0.541. The van der Waals surface area contributed by atoms with Crippen LogP contribution in [0.25, 0.3) is 12.2 Å². The average Bonchev–Trinajstić information content (AvgIpc) is 2.97. The minimum atomic E-state index is 0.500. The van der Waals surface area contributed by atoms with Crippen LogP contribution in [0.5, 0.6) is 0 Å². The van der Waals surface area contributed by atoms with Crippen LogP contribution in [0, 0.1) is 0 Å². The molecule has 0 N–H and O–H groups in total. The number of hydrogen-bond donors (Lipinski definition) is 0. The summed E-state index contributed by atoms with van der Waals surface area (Å²) in [7, 11) is 0. The average molecular weight is 289 g/mol. The molecule has 0 spiro atoms. The number of aryl methyl sites for hydroxylation is 1. The maximum absolute atomic E-state index is 5.82. The molecule has 4 nitrogen and oxygen atoms in total. The maximum Gasteiger partial charge on any atom is 0.327 e. The lowest BCUT2D eigenvalue weighted by atomic mass is 10.1. The van der Waals surface area contributed by atoms with Gasteiger partial charge in [0, 0.05) is 6.42 Å². The highest BCUT2D eigenvalue weighted by Gasteiger charge is 2.23. The Morgan fingerprint density at radius 2 is 1.45 bits per heavy atom. The van der Waals surface area contributed by atoms with Gasteiger partial charge < -0.3 is 4.42 Å². The number of para-hydroxylation sites is 2. The molecule has 2 heterocycles. The second-order valence-electron chi connectivity index (χ2n) is 5.12. The maximum atomic E-state index is 5.82. The minimum Gasteiger partial charge on any atom is -0.408 e. The lowest BCUT2D eigenvalue weighted by molar-refractivity contribution is 0.507. The Labute approximate surface area is 128 Å². The fraction of sp³-hybridized carbons (Fsp3) is 0.111. The molecule has 0 amide bonds. The Balaban J connectivity index is 1.97. The van der Waals surface area contributed by atoms with Gasteiger partial charge in [0.05, 0.1) is 11.4 Å². The van der Waals surface area contributed by atoms with Crippen molar-refractivity contribution in [3.05, 3.63) is 65.5 Å². The molecule has 1 aliphatic heterocycles. The number of aromatic nitrogens is 2. The zero-order chi connectivity index (χ0) is 14.9. The topological polar surface area (TPSA) is 42.2 Å². The van der Waals surface area contributed by atoms with E-state index >= 15 is 0 Å². The van der Waals surface area contributed by atoms with Crippen molar-refractivity contribution in [2.45, 2.75) is 13.3 Å². The normalized spacial score (nSPS) is 12.7. The molecule has 1 aliphatic rings. The highest BCUT2D eigenvalue weighted by atomic mass is 16.4. The van der Waals surface area contributed by atoms with Crippen LogP contribution in [0.4, 0.5) is 17.4 Å². The van der Waals surface area contributed by atoms with Gasteiger partial charge in [0.1, 0.15) is 0 Å². The van der Waals surface area contributed by atoms with Crippen LogP contribution in [0.3, 0.4) is 0 Å². The van der Waals surface area contributed by atoms with E-state index in [9.17, 15) is 0 Å². The third kappa shape index (κ3) is 2.00. The second kappa shape index (κ2) is 5.15. The number of hydrogen-bond acceptors (Lipinski definition) is 4. The highest BCUT2D eigenvalue weighted by Crippen LogP contribution is 2.40. The highest BCUT2D eigenvalue weighted by molar-refractivity contribution is 5.91. The van der Waals surface area contributed by atoms with Gasteiger partial charge in [-0.25, -0.2) is 0 Å². The molecule has 0 atom stereocenters. The molecule has 0 aliphatic carbocycles. The molecule has 1 aromatic heterocycles. The summed E-state index contributed by atoms with van der Waals surface area (Å²) < 4.78 is 5.82. The van der Waals surface area contributed by atoms with E-state index in [0.29, 0.717) is 11.9 Å².